The highest BCUT2D eigenvalue weighted by Crippen LogP contribution is 2.37. The Morgan fingerprint density at radius 1 is 1.52 bits per heavy atom. The normalized spacial score (nSPS) is 19.5. The zero-order valence-electron chi connectivity index (χ0n) is 12.5. The van der Waals surface area contributed by atoms with Gasteiger partial charge in [-0.3, -0.25) is 4.79 Å². The van der Waals surface area contributed by atoms with Crippen molar-refractivity contribution in [1.82, 2.24) is 0 Å². The number of aryl methyl sites for hydroxylation is 1. The third-order valence-electron chi connectivity index (χ3n) is 3.51. The first-order chi connectivity index (χ1) is 10.1. The third-order valence-corrected chi connectivity index (χ3v) is 4.72. The van der Waals surface area contributed by atoms with E-state index in [4.69, 9.17) is 4.84 Å². The van der Waals surface area contributed by atoms with E-state index in [0.29, 0.717) is 37.9 Å². The molecule has 1 unspecified atom stereocenters. The molecule has 0 fully saturated rings. The molecule has 2 rings (SSSR count). The lowest BCUT2D eigenvalue weighted by molar-refractivity contribution is -0.116. The number of Topliss-reactive ketones (excluding diaryl/α,β-unsaturated/α-hetero) is 1. The van der Waals surface area contributed by atoms with E-state index in [1.807, 2.05) is 13.8 Å². The molecule has 1 aliphatic carbocycles. The van der Waals surface area contributed by atoms with Crippen LogP contribution in [0.25, 0.3) is 0 Å². The van der Waals surface area contributed by atoms with Crippen molar-refractivity contribution < 1.29 is 14.7 Å². The van der Waals surface area contributed by atoms with Gasteiger partial charge < -0.3 is 9.94 Å². The molecule has 0 aliphatic heterocycles. The van der Waals surface area contributed by atoms with E-state index in [9.17, 15) is 9.90 Å². The number of thiophene rings is 1. The van der Waals surface area contributed by atoms with Crippen LogP contribution >= 0.6 is 11.3 Å². The van der Waals surface area contributed by atoms with Crippen LogP contribution in [0.15, 0.2) is 27.9 Å². The monoisotopic (exact) mass is 307 g/mol. The molecule has 0 saturated carbocycles. The average molecular weight is 307 g/mol. The van der Waals surface area contributed by atoms with E-state index in [-0.39, 0.29) is 17.5 Å². The van der Waals surface area contributed by atoms with Gasteiger partial charge in [-0.05, 0) is 43.7 Å². The minimum atomic E-state index is 0.0552. The Morgan fingerprint density at radius 2 is 2.33 bits per heavy atom. The summed E-state index contributed by atoms with van der Waals surface area (Å²) in [5.41, 5.74) is 1.77. The van der Waals surface area contributed by atoms with Crippen LogP contribution in [0, 0.1) is 6.92 Å². The molecule has 0 aromatic carbocycles. The second-order valence-corrected chi connectivity index (χ2v) is 6.17. The molecule has 1 heterocycles. The van der Waals surface area contributed by atoms with Crippen molar-refractivity contribution in [2.75, 3.05) is 6.61 Å². The highest BCUT2D eigenvalue weighted by atomic mass is 32.1. The standard InChI is InChI=1S/C16H21NO3S/c1-3-20-17-6-4-5-13-14(18)8-12(9-15(13)19)16-7-11(2)10-21-16/h6-7,10,12,18H,3-5,8-9H2,1-2H3. The number of hydrogen-bond donors (Lipinski definition) is 1. The molecule has 0 radical (unpaired) electrons. The van der Waals surface area contributed by atoms with Gasteiger partial charge in [0.05, 0.1) is 5.76 Å². The van der Waals surface area contributed by atoms with Gasteiger partial charge in [-0.15, -0.1) is 11.3 Å². The van der Waals surface area contributed by atoms with Gasteiger partial charge in [-0.2, -0.15) is 0 Å². The summed E-state index contributed by atoms with van der Waals surface area (Å²) < 4.78 is 0. The molecular formula is C16H21NO3S. The van der Waals surface area contributed by atoms with Crippen molar-refractivity contribution in [3.05, 3.63) is 33.2 Å². The Morgan fingerprint density at radius 3 is 2.95 bits per heavy atom. The van der Waals surface area contributed by atoms with E-state index in [2.05, 4.69) is 16.6 Å². The largest absolute Gasteiger partial charge is 0.512 e. The molecular weight excluding hydrogens is 286 g/mol. The number of carbonyl (C=O) groups is 1. The SMILES string of the molecule is CCON=CCCC1=C(O)CC(c2cc(C)cs2)CC1=O. The highest BCUT2D eigenvalue weighted by molar-refractivity contribution is 7.10. The molecule has 1 aromatic heterocycles. The molecule has 5 heteroatoms. The zero-order chi connectivity index (χ0) is 15.2. The molecule has 0 amide bonds. The number of allylic oxidation sites excluding steroid dienone is 2. The molecule has 1 aromatic rings. The predicted molar refractivity (Wildman–Crippen MR) is 85.0 cm³/mol. The van der Waals surface area contributed by atoms with Gasteiger partial charge in [0.2, 0.25) is 0 Å². The quantitative estimate of drug-likeness (QED) is 0.635. The Hall–Kier alpha value is -1.62. The van der Waals surface area contributed by atoms with Gasteiger partial charge in [0, 0.05) is 35.4 Å². The van der Waals surface area contributed by atoms with Crippen molar-refractivity contribution in [2.24, 2.45) is 5.16 Å². The lowest BCUT2D eigenvalue weighted by atomic mass is 9.84. The first-order valence-corrected chi connectivity index (χ1v) is 8.12. The van der Waals surface area contributed by atoms with E-state index < -0.39 is 0 Å². The lowest BCUT2D eigenvalue weighted by Crippen LogP contribution is -2.18. The van der Waals surface area contributed by atoms with Crippen LogP contribution in [0.5, 0.6) is 0 Å². The van der Waals surface area contributed by atoms with Crippen molar-refractivity contribution in [3.8, 4) is 0 Å². The highest BCUT2D eigenvalue weighted by Gasteiger charge is 2.28. The molecule has 1 atom stereocenters. The van der Waals surface area contributed by atoms with E-state index in [1.54, 1.807) is 17.6 Å². The Kier molecular flexibility index (Phi) is 5.56. The number of carbonyl (C=O) groups excluding carboxylic acids is 1. The molecule has 21 heavy (non-hydrogen) atoms. The Labute approximate surface area is 129 Å². The number of oxime groups is 1. The third kappa shape index (κ3) is 4.17. The van der Waals surface area contributed by atoms with Crippen molar-refractivity contribution >= 4 is 23.3 Å². The summed E-state index contributed by atoms with van der Waals surface area (Å²) in [5, 5.41) is 16.0. The molecule has 1 N–H and O–H groups in total. The summed E-state index contributed by atoms with van der Waals surface area (Å²) in [5.74, 6) is 0.420. The number of rotatable bonds is 6. The Balaban J connectivity index is 1.98. The van der Waals surface area contributed by atoms with Crippen LogP contribution < -0.4 is 0 Å². The number of aliphatic hydroxyl groups excluding tert-OH is 1. The number of hydrogen-bond acceptors (Lipinski definition) is 5. The summed E-state index contributed by atoms with van der Waals surface area (Å²) in [6.07, 6.45) is 3.82. The van der Waals surface area contributed by atoms with Crippen molar-refractivity contribution in [1.29, 1.82) is 0 Å². The molecule has 0 spiro atoms. The topological polar surface area (TPSA) is 58.9 Å². The van der Waals surface area contributed by atoms with Crippen LogP contribution in [0.2, 0.25) is 0 Å². The van der Waals surface area contributed by atoms with Gasteiger partial charge in [-0.25, -0.2) is 0 Å². The molecule has 4 nitrogen and oxygen atoms in total. The Bertz CT molecular complexity index is 560. The lowest BCUT2D eigenvalue weighted by Gasteiger charge is -2.22. The minimum Gasteiger partial charge on any atom is -0.512 e. The second-order valence-electron chi connectivity index (χ2n) is 5.22. The van der Waals surface area contributed by atoms with Crippen LogP contribution in [0.3, 0.4) is 0 Å². The fraction of sp³-hybridized carbons (Fsp3) is 0.500. The maximum Gasteiger partial charge on any atom is 0.162 e. The minimum absolute atomic E-state index is 0.0552. The number of aliphatic hydroxyl groups is 1. The van der Waals surface area contributed by atoms with Gasteiger partial charge in [-0.1, -0.05) is 5.16 Å². The van der Waals surface area contributed by atoms with Crippen LogP contribution in [-0.4, -0.2) is 23.7 Å². The fourth-order valence-electron chi connectivity index (χ4n) is 2.48. The first-order valence-electron chi connectivity index (χ1n) is 7.24. The van der Waals surface area contributed by atoms with Crippen LogP contribution in [-0.2, 0) is 9.63 Å². The predicted octanol–water partition coefficient (Wildman–Crippen LogP) is 4.12. The number of nitrogens with zero attached hydrogens (tertiary/aromatic N) is 1. The zero-order valence-corrected chi connectivity index (χ0v) is 13.3. The van der Waals surface area contributed by atoms with Crippen molar-refractivity contribution in [2.45, 2.75) is 45.4 Å². The van der Waals surface area contributed by atoms with E-state index in [1.165, 1.54) is 10.4 Å². The van der Waals surface area contributed by atoms with Gasteiger partial charge in [0.25, 0.3) is 0 Å². The van der Waals surface area contributed by atoms with Gasteiger partial charge >= 0.3 is 0 Å². The van der Waals surface area contributed by atoms with Crippen LogP contribution in [0.4, 0.5) is 0 Å². The second kappa shape index (κ2) is 7.41. The maximum absolute atomic E-state index is 12.2. The molecule has 0 bridgehead atoms. The summed E-state index contributed by atoms with van der Waals surface area (Å²) in [4.78, 5) is 18.3. The molecule has 1 aliphatic rings. The summed E-state index contributed by atoms with van der Waals surface area (Å²) in [6.45, 7) is 4.44. The summed E-state index contributed by atoms with van der Waals surface area (Å²) >= 11 is 1.66. The molecule has 0 saturated heterocycles. The first kappa shape index (κ1) is 15.8. The van der Waals surface area contributed by atoms with E-state index >= 15 is 0 Å². The van der Waals surface area contributed by atoms with E-state index in [0.717, 1.165) is 0 Å². The summed E-state index contributed by atoms with van der Waals surface area (Å²) in [7, 11) is 0. The van der Waals surface area contributed by atoms with Gasteiger partial charge in [0.1, 0.15) is 6.61 Å². The number of ketones is 1. The smallest absolute Gasteiger partial charge is 0.162 e. The summed E-state index contributed by atoms with van der Waals surface area (Å²) in [6, 6.07) is 2.11. The average Bonchev–Trinajstić information content (AvgIpc) is 2.87. The fourth-order valence-corrected chi connectivity index (χ4v) is 3.48. The maximum atomic E-state index is 12.2. The van der Waals surface area contributed by atoms with Crippen molar-refractivity contribution in [3.63, 3.8) is 0 Å². The molecule has 114 valence electrons. The van der Waals surface area contributed by atoms with Crippen LogP contribution in [0.1, 0.15) is 49.0 Å². The van der Waals surface area contributed by atoms with Gasteiger partial charge in [0.15, 0.2) is 5.78 Å².